The Morgan fingerprint density at radius 3 is 2.35 bits per heavy atom. The molecule has 7 nitrogen and oxygen atoms in total. The zero-order valence-corrected chi connectivity index (χ0v) is 13.5. The molecule has 0 spiro atoms. The summed E-state index contributed by atoms with van der Waals surface area (Å²) in [5.41, 5.74) is -0.215. The van der Waals surface area contributed by atoms with Crippen molar-refractivity contribution in [3.05, 3.63) is 11.6 Å². The van der Waals surface area contributed by atoms with E-state index in [1.165, 1.54) is 6.92 Å². The van der Waals surface area contributed by atoms with Crippen molar-refractivity contribution < 1.29 is 28.8 Å². The van der Waals surface area contributed by atoms with E-state index >= 15 is 0 Å². The average molecular weight is 321 g/mol. The van der Waals surface area contributed by atoms with Crippen LogP contribution in [-0.4, -0.2) is 34.4 Å². The Hall–Kier alpha value is -2.18. The lowest BCUT2D eigenvalue weighted by molar-refractivity contribution is -0.198. The van der Waals surface area contributed by atoms with Crippen LogP contribution in [0.15, 0.2) is 11.6 Å². The Morgan fingerprint density at radius 2 is 1.83 bits per heavy atom. The number of esters is 1. The van der Waals surface area contributed by atoms with Crippen LogP contribution in [-0.2, 0) is 28.8 Å². The molecule has 4 aliphatic rings. The molecule has 1 saturated heterocycles. The molecule has 4 rings (SSSR count). The maximum Gasteiger partial charge on any atom is 0.330 e. The number of hydroxylamine groups is 2. The van der Waals surface area contributed by atoms with Gasteiger partial charge in [0, 0.05) is 13.8 Å². The number of hydrogen-bond acceptors (Lipinski definition) is 6. The van der Waals surface area contributed by atoms with E-state index in [1.807, 2.05) is 13.8 Å². The van der Waals surface area contributed by atoms with Gasteiger partial charge in [0.15, 0.2) is 0 Å². The van der Waals surface area contributed by atoms with E-state index in [0.29, 0.717) is 11.5 Å². The molecule has 23 heavy (non-hydrogen) atoms. The van der Waals surface area contributed by atoms with Gasteiger partial charge in [0.05, 0.1) is 11.8 Å². The molecule has 5 atom stereocenters. The first kappa shape index (κ1) is 15.7. The van der Waals surface area contributed by atoms with Gasteiger partial charge in [0.25, 0.3) is 11.8 Å². The molecule has 1 heterocycles. The maximum absolute atomic E-state index is 12.7. The van der Waals surface area contributed by atoms with Crippen molar-refractivity contribution in [2.45, 2.75) is 39.7 Å². The largest absolute Gasteiger partial charge is 0.454 e. The van der Waals surface area contributed by atoms with E-state index in [4.69, 9.17) is 9.57 Å². The Bertz CT molecular complexity index is 653. The summed E-state index contributed by atoms with van der Waals surface area (Å²) in [5, 5.41) is 0.549. The monoisotopic (exact) mass is 321 g/mol. The fraction of sp³-hybridized carbons (Fsp3) is 0.625. The molecule has 1 saturated carbocycles. The lowest BCUT2D eigenvalue weighted by Gasteiger charge is -2.51. The van der Waals surface area contributed by atoms with Crippen LogP contribution in [0.3, 0.4) is 0 Å². The molecule has 2 amide bonds. The quantitative estimate of drug-likeness (QED) is 0.428. The average Bonchev–Trinajstić information content (AvgIpc) is 2.63. The molecular weight excluding hydrogens is 302 g/mol. The highest BCUT2D eigenvalue weighted by atomic mass is 16.7. The van der Waals surface area contributed by atoms with Gasteiger partial charge in [-0.25, -0.2) is 4.79 Å². The van der Waals surface area contributed by atoms with Gasteiger partial charge in [-0.2, -0.15) is 0 Å². The summed E-state index contributed by atoms with van der Waals surface area (Å²) < 4.78 is 5.54. The molecule has 0 N–H and O–H groups in total. The summed E-state index contributed by atoms with van der Waals surface area (Å²) in [6.45, 7) is 6.26. The third-order valence-corrected chi connectivity index (χ3v) is 5.03. The Kier molecular flexibility index (Phi) is 3.35. The molecule has 0 aromatic heterocycles. The van der Waals surface area contributed by atoms with Gasteiger partial charge in [0.1, 0.15) is 5.60 Å². The molecule has 1 aliphatic heterocycles. The van der Waals surface area contributed by atoms with E-state index in [0.717, 1.165) is 12.5 Å². The number of carbonyl (C=O) groups is 4. The first-order valence-corrected chi connectivity index (χ1v) is 7.63. The minimum Gasteiger partial charge on any atom is -0.454 e. The van der Waals surface area contributed by atoms with Crippen LogP contribution < -0.4 is 0 Å². The number of fused-ring (bicyclic) bond motifs is 1. The van der Waals surface area contributed by atoms with Crippen LogP contribution >= 0.6 is 0 Å². The second kappa shape index (κ2) is 4.91. The molecule has 3 unspecified atom stereocenters. The molecule has 0 aromatic carbocycles. The second-order valence-corrected chi connectivity index (χ2v) is 6.70. The topological polar surface area (TPSA) is 90.0 Å². The number of nitrogens with zero attached hydrogens (tertiary/aromatic N) is 1. The van der Waals surface area contributed by atoms with Crippen molar-refractivity contribution in [2.24, 2.45) is 23.7 Å². The predicted octanol–water partition coefficient (Wildman–Crippen LogP) is 0.983. The Balaban J connectivity index is 2.09. The van der Waals surface area contributed by atoms with Gasteiger partial charge in [-0.05, 0) is 31.3 Å². The first-order valence-electron chi connectivity index (χ1n) is 7.63. The third-order valence-electron chi connectivity index (χ3n) is 5.03. The van der Waals surface area contributed by atoms with E-state index in [-0.39, 0.29) is 11.8 Å². The molecular formula is C16H19NO6. The zero-order valence-electron chi connectivity index (χ0n) is 13.5. The van der Waals surface area contributed by atoms with Gasteiger partial charge in [-0.15, -0.1) is 5.06 Å². The van der Waals surface area contributed by atoms with Crippen LogP contribution in [0, 0.1) is 23.7 Å². The lowest BCUT2D eigenvalue weighted by atomic mass is 9.54. The minimum atomic E-state index is -1.14. The Morgan fingerprint density at radius 1 is 1.17 bits per heavy atom. The number of imide groups is 1. The molecule has 124 valence electrons. The summed E-state index contributed by atoms with van der Waals surface area (Å²) in [6, 6.07) is 0. The van der Waals surface area contributed by atoms with Crippen LogP contribution in [0.4, 0.5) is 0 Å². The van der Waals surface area contributed by atoms with Gasteiger partial charge in [-0.1, -0.05) is 12.5 Å². The maximum atomic E-state index is 12.7. The summed E-state index contributed by atoms with van der Waals surface area (Å²) in [4.78, 5) is 52.9. The van der Waals surface area contributed by atoms with E-state index in [1.54, 1.807) is 6.08 Å². The SMILES string of the molecule is CC(=O)ON1C(=O)C2C(C1=O)[C@@]1(OC(C)=O)C=C(C)[C@@H]2C(C)C1. The Labute approximate surface area is 133 Å². The van der Waals surface area contributed by atoms with Crippen molar-refractivity contribution in [3.8, 4) is 0 Å². The highest BCUT2D eigenvalue weighted by Gasteiger charge is 2.68. The van der Waals surface area contributed by atoms with Crippen molar-refractivity contribution in [3.63, 3.8) is 0 Å². The number of allylic oxidation sites excluding steroid dienone is 1. The van der Waals surface area contributed by atoms with Gasteiger partial charge >= 0.3 is 11.9 Å². The van der Waals surface area contributed by atoms with E-state index in [2.05, 4.69) is 0 Å². The normalized spacial score (nSPS) is 38.3. The smallest absolute Gasteiger partial charge is 0.330 e. The van der Waals surface area contributed by atoms with Gasteiger partial charge in [-0.3, -0.25) is 14.4 Å². The summed E-state index contributed by atoms with van der Waals surface area (Å²) in [7, 11) is 0. The zero-order chi connectivity index (χ0) is 17.1. The fourth-order valence-corrected chi connectivity index (χ4v) is 4.63. The molecule has 3 aliphatic carbocycles. The van der Waals surface area contributed by atoms with Crippen LogP contribution in [0.1, 0.15) is 34.1 Å². The van der Waals surface area contributed by atoms with E-state index < -0.39 is 41.2 Å². The minimum absolute atomic E-state index is 0.0784. The predicted molar refractivity (Wildman–Crippen MR) is 76.1 cm³/mol. The van der Waals surface area contributed by atoms with Crippen molar-refractivity contribution in [1.29, 1.82) is 0 Å². The van der Waals surface area contributed by atoms with Crippen molar-refractivity contribution in [1.82, 2.24) is 5.06 Å². The van der Waals surface area contributed by atoms with E-state index in [9.17, 15) is 19.2 Å². The highest BCUT2D eigenvalue weighted by molar-refractivity contribution is 6.06. The number of amides is 2. The summed E-state index contributed by atoms with van der Waals surface area (Å²) >= 11 is 0. The second-order valence-electron chi connectivity index (χ2n) is 6.70. The number of hydrogen-bond donors (Lipinski definition) is 0. The van der Waals surface area contributed by atoms with Crippen LogP contribution in [0.25, 0.3) is 0 Å². The van der Waals surface area contributed by atoms with Crippen LogP contribution in [0.2, 0.25) is 0 Å². The number of rotatable bonds is 2. The highest BCUT2D eigenvalue weighted by Crippen LogP contribution is 2.58. The van der Waals surface area contributed by atoms with Gasteiger partial charge < -0.3 is 9.57 Å². The van der Waals surface area contributed by atoms with Crippen molar-refractivity contribution >= 4 is 23.8 Å². The summed E-state index contributed by atoms with van der Waals surface area (Å²) in [5.74, 6) is -3.92. The molecule has 2 fully saturated rings. The molecule has 2 bridgehead atoms. The first-order chi connectivity index (χ1) is 10.7. The molecule has 0 aromatic rings. The number of carbonyl (C=O) groups excluding carboxylic acids is 4. The lowest BCUT2D eigenvalue weighted by Crippen LogP contribution is -2.57. The standard InChI is InChI=1S/C16H19NO6/c1-7-5-16(22-9(3)18)6-8(2)11(7)12-13(16)15(21)17(14(12)20)23-10(4)19/h5,8,11-13H,6H2,1-4H3/t8?,11-,12?,13?,16-/m1/s1. The van der Waals surface area contributed by atoms with Crippen molar-refractivity contribution in [2.75, 3.05) is 0 Å². The molecule has 0 radical (unpaired) electrons. The fourth-order valence-electron chi connectivity index (χ4n) is 4.63. The number of ether oxygens (including phenoxy) is 1. The third kappa shape index (κ3) is 2.09. The van der Waals surface area contributed by atoms with Gasteiger partial charge in [0.2, 0.25) is 0 Å². The van der Waals surface area contributed by atoms with Crippen LogP contribution in [0.5, 0.6) is 0 Å². The molecule has 7 heteroatoms. The summed E-state index contributed by atoms with van der Waals surface area (Å²) in [6.07, 6.45) is 2.27.